The van der Waals surface area contributed by atoms with Crippen molar-refractivity contribution in [3.05, 3.63) is 29.6 Å². The molecule has 1 unspecified atom stereocenters. The lowest BCUT2D eigenvalue weighted by Crippen LogP contribution is -2.24. The van der Waals surface area contributed by atoms with Crippen LogP contribution in [0.1, 0.15) is 51.0 Å². The van der Waals surface area contributed by atoms with Gasteiger partial charge in [0.25, 0.3) is 0 Å². The second kappa shape index (κ2) is 6.90. The molecule has 1 aromatic carbocycles. The first-order chi connectivity index (χ1) is 9.19. The second-order valence-electron chi connectivity index (χ2n) is 5.50. The molecule has 19 heavy (non-hydrogen) atoms. The van der Waals surface area contributed by atoms with Crippen LogP contribution in [0, 0.1) is 5.82 Å². The van der Waals surface area contributed by atoms with Crippen molar-refractivity contribution in [3.8, 4) is 5.75 Å². The fraction of sp³-hybridized carbons (Fsp3) is 0.625. The number of halogens is 1. The first kappa shape index (κ1) is 14.3. The summed E-state index contributed by atoms with van der Waals surface area (Å²) < 4.78 is 19.4. The molecule has 2 N–H and O–H groups in total. The predicted molar refractivity (Wildman–Crippen MR) is 75.9 cm³/mol. The van der Waals surface area contributed by atoms with Crippen LogP contribution in [0.5, 0.6) is 5.75 Å². The summed E-state index contributed by atoms with van der Waals surface area (Å²) in [4.78, 5) is 0. The maximum atomic E-state index is 13.4. The SMILES string of the molecule is CCC(N)Cc1cc(F)ccc1OC1CCCCC1. The quantitative estimate of drug-likeness (QED) is 0.878. The Labute approximate surface area is 115 Å². The minimum absolute atomic E-state index is 0.0653. The first-order valence-corrected chi connectivity index (χ1v) is 7.39. The van der Waals surface area contributed by atoms with Crippen molar-refractivity contribution in [2.75, 3.05) is 0 Å². The van der Waals surface area contributed by atoms with Crippen LogP contribution in [0.2, 0.25) is 0 Å². The zero-order valence-corrected chi connectivity index (χ0v) is 11.7. The van der Waals surface area contributed by atoms with Gasteiger partial charge in [-0.25, -0.2) is 4.39 Å². The van der Waals surface area contributed by atoms with E-state index in [1.165, 1.54) is 25.3 Å². The van der Waals surface area contributed by atoms with Crippen molar-refractivity contribution < 1.29 is 9.13 Å². The normalized spacial score (nSPS) is 18.3. The highest BCUT2D eigenvalue weighted by molar-refractivity contribution is 5.35. The zero-order valence-electron chi connectivity index (χ0n) is 11.7. The van der Waals surface area contributed by atoms with Gasteiger partial charge in [-0.05, 0) is 62.3 Å². The van der Waals surface area contributed by atoms with Gasteiger partial charge >= 0.3 is 0 Å². The molecule has 3 heteroatoms. The van der Waals surface area contributed by atoms with E-state index in [0.29, 0.717) is 6.42 Å². The van der Waals surface area contributed by atoms with Crippen molar-refractivity contribution in [2.45, 2.75) is 64.0 Å². The largest absolute Gasteiger partial charge is 0.490 e. The Morgan fingerprint density at radius 1 is 1.32 bits per heavy atom. The Kier molecular flexibility index (Phi) is 5.20. The summed E-state index contributed by atoms with van der Waals surface area (Å²) in [6.07, 6.45) is 7.83. The molecule has 106 valence electrons. The molecule has 1 atom stereocenters. The lowest BCUT2D eigenvalue weighted by Gasteiger charge is -2.25. The molecule has 0 radical (unpaired) electrons. The van der Waals surface area contributed by atoms with Crippen molar-refractivity contribution in [3.63, 3.8) is 0 Å². The standard InChI is InChI=1S/C16H24FNO/c1-2-14(18)11-12-10-13(17)8-9-16(12)19-15-6-4-3-5-7-15/h8-10,14-15H,2-7,11,18H2,1H3. The summed E-state index contributed by atoms with van der Waals surface area (Å²) in [5.74, 6) is 0.603. The van der Waals surface area contributed by atoms with Crippen molar-refractivity contribution in [2.24, 2.45) is 5.73 Å². The second-order valence-corrected chi connectivity index (χ2v) is 5.50. The van der Waals surface area contributed by atoms with Gasteiger partial charge in [0.05, 0.1) is 6.10 Å². The van der Waals surface area contributed by atoms with Crippen LogP contribution in [0.25, 0.3) is 0 Å². The number of benzene rings is 1. The molecule has 0 heterocycles. The Morgan fingerprint density at radius 2 is 2.05 bits per heavy atom. The van der Waals surface area contributed by atoms with Gasteiger partial charge in [-0.15, -0.1) is 0 Å². The molecule has 0 aliphatic heterocycles. The van der Waals surface area contributed by atoms with Gasteiger partial charge < -0.3 is 10.5 Å². The van der Waals surface area contributed by atoms with Crippen LogP contribution >= 0.6 is 0 Å². The van der Waals surface area contributed by atoms with E-state index in [-0.39, 0.29) is 18.0 Å². The molecule has 1 saturated carbocycles. The van der Waals surface area contributed by atoms with E-state index < -0.39 is 0 Å². The Morgan fingerprint density at radius 3 is 2.74 bits per heavy atom. The lowest BCUT2D eigenvalue weighted by molar-refractivity contribution is 0.153. The molecule has 2 nitrogen and oxygen atoms in total. The van der Waals surface area contributed by atoms with Crippen LogP contribution in [-0.2, 0) is 6.42 Å². The molecule has 1 aromatic rings. The number of nitrogens with two attached hydrogens (primary N) is 1. The van der Waals surface area contributed by atoms with Gasteiger partial charge in [-0.3, -0.25) is 0 Å². The van der Waals surface area contributed by atoms with Crippen LogP contribution in [0.4, 0.5) is 4.39 Å². The average molecular weight is 265 g/mol. The van der Waals surface area contributed by atoms with E-state index >= 15 is 0 Å². The van der Waals surface area contributed by atoms with Crippen molar-refractivity contribution >= 4 is 0 Å². The predicted octanol–water partition coefficient (Wildman–Crippen LogP) is 3.82. The van der Waals surface area contributed by atoms with E-state index in [4.69, 9.17) is 10.5 Å². The zero-order chi connectivity index (χ0) is 13.7. The maximum Gasteiger partial charge on any atom is 0.123 e. The molecule has 0 amide bonds. The van der Waals surface area contributed by atoms with Gasteiger partial charge in [0.15, 0.2) is 0 Å². The molecule has 0 spiro atoms. The first-order valence-electron chi connectivity index (χ1n) is 7.39. The summed E-state index contributed by atoms with van der Waals surface area (Å²) in [6.45, 7) is 2.05. The molecular weight excluding hydrogens is 241 g/mol. The molecule has 1 fully saturated rings. The van der Waals surface area contributed by atoms with Crippen LogP contribution in [-0.4, -0.2) is 12.1 Å². The number of hydrogen-bond acceptors (Lipinski definition) is 2. The van der Waals surface area contributed by atoms with E-state index in [0.717, 1.165) is 30.6 Å². The summed E-state index contributed by atoms with van der Waals surface area (Å²) >= 11 is 0. The van der Waals surface area contributed by atoms with Crippen LogP contribution < -0.4 is 10.5 Å². The minimum atomic E-state index is -0.214. The summed E-state index contributed by atoms with van der Waals surface area (Å²) in [6, 6.07) is 4.85. The molecule has 0 aromatic heterocycles. The summed E-state index contributed by atoms with van der Waals surface area (Å²) in [7, 11) is 0. The Balaban J connectivity index is 2.09. The highest BCUT2D eigenvalue weighted by atomic mass is 19.1. The average Bonchev–Trinajstić information content (AvgIpc) is 2.43. The van der Waals surface area contributed by atoms with Crippen molar-refractivity contribution in [1.82, 2.24) is 0 Å². The van der Waals surface area contributed by atoms with E-state index in [1.807, 2.05) is 6.92 Å². The third-order valence-corrected chi connectivity index (χ3v) is 3.87. The summed E-state index contributed by atoms with van der Waals surface area (Å²) in [5, 5.41) is 0. The van der Waals surface area contributed by atoms with Crippen molar-refractivity contribution in [1.29, 1.82) is 0 Å². The fourth-order valence-electron chi connectivity index (χ4n) is 2.61. The number of ether oxygens (including phenoxy) is 1. The van der Waals surface area contributed by atoms with E-state index in [2.05, 4.69) is 0 Å². The van der Waals surface area contributed by atoms with Gasteiger partial charge in [-0.2, -0.15) is 0 Å². The Hall–Kier alpha value is -1.09. The number of rotatable bonds is 5. The number of hydrogen-bond donors (Lipinski definition) is 1. The third kappa shape index (κ3) is 4.20. The molecule has 2 rings (SSSR count). The highest BCUT2D eigenvalue weighted by Crippen LogP contribution is 2.27. The molecule has 0 saturated heterocycles. The Bertz CT molecular complexity index is 402. The van der Waals surface area contributed by atoms with Crippen LogP contribution in [0.3, 0.4) is 0 Å². The van der Waals surface area contributed by atoms with E-state index in [1.54, 1.807) is 12.1 Å². The molecular formula is C16H24FNO. The molecule has 0 bridgehead atoms. The lowest BCUT2D eigenvalue weighted by atomic mass is 9.97. The van der Waals surface area contributed by atoms with E-state index in [9.17, 15) is 4.39 Å². The van der Waals surface area contributed by atoms with Crippen LogP contribution in [0.15, 0.2) is 18.2 Å². The maximum absolute atomic E-state index is 13.4. The van der Waals surface area contributed by atoms with Gasteiger partial charge in [0, 0.05) is 6.04 Å². The highest BCUT2D eigenvalue weighted by Gasteiger charge is 2.17. The van der Waals surface area contributed by atoms with Gasteiger partial charge in [0.2, 0.25) is 0 Å². The third-order valence-electron chi connectivity index (χ3n) is 3.87. The molecule has 1 aliphatic rings. The van der Waals surface area contributed by atoms with Gasteiger partial charge in [0.1, 0.15) is 11.6 Å². The monoisotopic (exact) mass is 265 g/mol. The topological polar surface area (TPSA) is 35.2 Å². The van der Waals surface area contributed by atoms with Gasteiger partial charge in [-0.1, -0.05) is 13.3 Å². The fourth-order valence-corrected chi connectivity index (χ4v) is 2.61. The molecule has 1 aliphatic carbocycles. The summed E-state index contributed by atoms with van der Waals surface area (Å²) in [5.41, 5.74) is 6.88. The minimum Gasteiger partial charge on any atom is -0.490 e. The smallest absolute Gasteiger partial charge is 0.123 e.